The van der Waals surface area contributed by atoms with Gasteiger partial charge in [0.2, 0.25) is 0 Å². The summed E-state index contributed by atoms with van der Waals surface area (Å²) in [4.78, 5) is 2.51. The van der Waals surface area contributed by atoms with Crippen molar-refractivity contribution in [3.63, 3.8) is 0 Å². The maximum Gasteiger partial charge on any atom is 0.165 e. The Balaban J connectivity index is 1.71. The Morgan fingerprint density at radius 2 is 2.08 bits per heavy atom. The maximum atomic E-state index is 10.7. The number of piperidine rings is 1. The molecule has 1 aromatic carbocycles. The van der Waals surface area contributed by atoms with E-state index in [0.29, 0.717) is 12.0 Å². The summed E-state index contributed by atoms with van der Waals surface area (Å²) >= 11 is 0. The van der Waals surface area contributed by atoms with E-state index >= 15 is 0 Å². The summed E-state index contributed by atoms with van der Waals surface area (Å²) in [6, 6.07) is 4.41. The predicted octanol–water partition coefficient (Wildman–Crippen LogP) is 2.45. The fourth-order valence-electron chi connectivity index (χ4n) is 6.28. The Kier molecular flexibility index (Phi) is 2.80. The molecule has 0 radical (unpaired) electrons. The van der Waals surface area contributed by atoms with Crippen molar-refractivity contribution in [1.82, 2.24) is 4.90 Å². The molecule has 1 saturated heterocycles. The van der Waals surface area contributed by atoms with Crippen LogP contribution < -0.4 is 4.74 Å². The third kappa shape index (κ3) is 1.66. The van der Waals surface area contributed by atoms with Crippen molar-refractivity contribution < 1.29 is 14.9 Å². The second-order valence-electron chi connectivity index (χ2n) is 9.03. The molecular weight excluding hydrogens is 302 g/mol. The number of rotatable bonds is 1. The van der Waals surface area contributed by atoms with Crippen LogP contribution in [0.25, 0.3) is 0 Å². The van der Waals surface area contributed by atoms with Crippen LogP contribution in [-0.4, -0.2) is 46.5 Å². The van der Waals surface area contributed by atoms with Gasteiger partial charge in [-0.05, 0) is 76.6 Å². The van der Waals surface area contributed by atoms with Crippen molar-refractivity contribution in [3.8, 4) is 11.5 Å². The summed E-state index contributed by atoms with van der Waals surface area (Å²) in [6.45, 7) is 4.95. The fraction of sp³-hybridized carbons (Fsp3) is 0.700. The first-order valence-corrected chi connectivity index (χ1v) is 9.27. The topological polar surface area (TPSA) is 52.9 Å². The van der Waals surface area contributed by atoms with Gasteiger partial charge < -0.3 is 19.8 Å². The minimum Gasteiger partial charge on any atom is -0.504 e. The molecule has 2 fully saturated rings. The van der Waals surface area contributed by atoms with Crippen molar-refractivity contribution in [2.45, 2.75) is 62.7 Å². The van der Waals surface area contributed by atoms with Crippen LogP contribution in [0.3, 0.4) is 0 Å². The highest BCUT2D eigenvalue weighted by atomic mass is 16.5. The van der Waals surface area contributed by atoms with E-state index in [0.717, 1.165) is 38.0 Å². The number of nitrogens with zero attached hydrogens (tertiary/aromatic N) is 1. The molecule has 5 rings (SSSR count). The number of hydrogen-bond donors (Lipinski definition) is 2. The second-order valence-corrected chi connectivity index (χ2v) is 9.03. The highest BCUT2D eigenvalue weighted by molar-refractivity contribution is 5.60. The molecule has 0 amide bonds. The van der Waals surface area contributed by atoms with Gasteiger partial charge in [-0.3, -0.25) is 0 Å². The highest BCUT2D eigenvalue weighted by Crippen LogP contribution is 2.65. The molecule has 2 N–H and O–H groups in total. The quantitative estimate of drug-likeness (QED) is 0.831. The number of benzene rings is 1. The largest absolute Gasteiger partial charge is 0.504 e. The molecule has 3 unspecified atom stereocenters. The smallest absolute Gasteiger partial charge is 0.165 e. The molecule has 4 nitrogen and oxygen atoms in total. The van der Waals surface area contributed by atoms with Crippen LogP contribution in [0.2, 0.25) is 0 Å². The summed E-state index contributed by atoms with van der Waals surface area (Å²) < 4.78 is 6.39. The molecule has 2 aliphatic carbocycles. The monoisotopic (exact) mass is 329 g/mol. The Morgan fingerprint density at radius 3 is 2.83 bits per heavy atom. The SMILES string of the molecule is CN1CCC23c4c5ccc(O)c4O[C@H]2CC(C(C)(C)O)C[C@@H]3C1C5. The standard InChI is InChI=1S/C20H27NO3/c1-19(2,23)12-9-13-14-8-11-4-5-15(22)18-17(11)20(13,6-7-21(14)3)16(10-12)24-18/h4-5,12-14,16,22-23H,6-10H2,1-3H3/t12?,13-,14?,16+,20?/m1/s1. The van der Waals surface area contributed by atoms with Crippen LogP contribution in [0.5, 0.6) is 11.5 Å². The summed E-state index contributed by atoms with van der Waals surface area (Å²) in [6.07, 6.45) is 4.14. The van der Waals surface area contributed by atoms with E-state index in [2.05, 4.69) is 18.0 Å². The minimum atomic E-state index is -0.686. The van der Waals surface area contributed by atoms with Gasteiger partial charge in [-0.2, -0.15) is 0 Å². The summed E-state index contributed by atoms with van der Waals surface area (Å²) in [7, 11) is 2.24. The van der Waals surface area contributed by atoms with Crippen molar-refractivity contribution in [3.05, 3.63) is 23.3 Å². The molecule has 4 heteroatoms. The highest BCUT2D eigenvalue weighted by Gasteiger charge is 2.65. The number of hydrogen-bond acceptors (Lipinski definition) is 4. The van der Waals surface area contributed by atoms with Gasteiger partial charge in [0.25, 0.3) is 0 Å². The van der Waals surface area contributed by atoms with Crippen LogP contribution >= 0.6 is 0 Å². The van der Waals surface area contributed by atoms with Crippen LogP contribution in [-0.2, 0) is 11.8 Å². The van der Waals surface area contributed by atoms with E-state index in [1.807, 2.05) is 13.8 Å². The van der Waals surface area contributed by atoms with Gasteiger partial charge >= 0.3 is 0 Å². The van der Waals surface area contributed by atoms with Gasteiger partial charge in [0, 0.05) is 17.0 Å². The van der Waals surface area contributed by atoms with Crippen molar-refractivity contribution in [2.24, 2.45) is 11.8 Å². The summed E-state index contributed by atoms with van der Waals surface area (Å²) in [5.41, 5.74) is 2.02. The lowest BCUT2D eigenvalue weighted by Gasteiger charge is -2.59. The molecular formula is C20H27NO3. The molecule has 24 heavy (non-hydrogen) atoms. The molecule has 2 heterocycles. The van der Waals surface area contributed by atoms with Crippen molar-refractivity contribution in [2.75, 3.05) is 13.6 Å². The average molecular weight is 329 g/mol. The van der Waals surface area contributed by atoms with Crippen LogP contribution in [0, 0.1) is 11.8 Å². The number of aliphatic hydroxyl groups is 1. The second kappa shape index (κ2) is 4.47. The molecule has 2 bridgehead atoms. The lowest BCUT2D eigenvalue weighted by molar-refractivity contribution is -0.103. The Morgan fingerprint density at radius 1 is 1.29 bits per heavy atom. The third-order valence-electron chi connectivity index (χ3n) is 7.56. The van der Waals surface area contributed by atoms with Gasteiger partial charge in [-0.1, -0.05) is 6.07 Å². The lowest BCUT2D eigenvalue weighted by atomic mass is 9.49. The number of phenolic OH excluding ortho intramolecular Hbond substituents is 1. The average Bonchev–Trinajstić information content (AvgIpc) is 2.85. The van der Waals surface area contributed by atoms with Gasteiger partial charge in [0.05, 0.1) is 5.60 Å². The minimum absolute atomic E-state index is 0.0422. The van der Waals surface area contributed by atoms with Gasteiger partial charge in [0.15, 0.2) is 11.5 Å². The van der Waals surface area contributed by atoms with Crippen LogP contribution in [0.15, 0.2) is 12.1 Å². The Hall–Kier alpha value is -1.26. The summed E-state index contributed by atoms with van der Waals surface area (Å²) in [5, 5.41) is 21.1. The molecule has 5 atom stereocenters. The maximum absolute atomic E-state index is 10.7. The van der Waals surface area contributed by atoms with Gasteiger partial charge in [-0.15, -0.1) is 0 Å². The number of phenols is 1. The normalized spacial score (nSPS) is 40.2. The number of ether oxygens (including phenoxy) is 1. The third-order valence-corrected chi connectivity index (χ3v) is 7.56. The van der Waals surface area contributed by atoms with E-state index in [1.54, 1.807) is 6.07 Å². The summed E-state index contributed by atoms with van der Waals surface area (Å²) in [5.74, 6) is 1.77. The number of aromatic hydroxyl groups is 1. The number of likely N-dealkylation sites (N-methyl/N-ethyl adjacent to an activating group) is 1. The van der Waals surface area contributed by atoms with E-state index in [9.17, 15) is 10.2 Å². The zero-order valence-electron chi connectivity index (χ0n) is 14.7. The Bertz CT molecular complexity index is 710. The van der Waals surface area contributed by atoms with Crippen molar-refractivity contribution in [1.29, 1.82) is 0 Å². The van der Waals surface area contributed by atoms with E-state index in [4.69, 9.17) is 4.74 Å². The molecule has 1 saturated carbocycles. The molecule has 4 aliphatic rings. The molecule has 1 spiro atoms. The van der Waals surface area contributed by atoms with Crippen molar-refractivity contribution >= 4 is 0 Å². The first-order chi connectivity index (χ1) is 11.3. The first kappa shape index (κ1) is 15.0. The van der Waals surface area contributed by atoms with Gasteiger partial charge in [0.1, 0.15) is 6.10 Å². The molecule has 130 valence electrons. The van der Waals surface area contributed by atoms with E-state index < -0.39 is 5.60 Å². The van der Waals surface area contributed by atoms with E-state index in [1.165, 1.54) is 11.1 Å². The zero-order chi connectivity index (χ0) is 16.9. The van der Waals surface area contributed by atoms with Crippen LogP contribution in [0.4, 0.5) is 0 Å². The fourth-order valence-corrected chi connectivity index (χ4v) is 6.28. The van der Waals surface area contributed by atoms with E-state index in [-0.39, 0.29) is 23.2 Å². The predicted molar refractivity (Wildman–Crippen MR) is 91.5 cm³/mol. The zero-order valence-corrected chi connectivity index (χ0v) is 14.7. The number of likely N-dealkylation sites (tertiary alicyclic amines) is 1. The molecule has 2 aliphatic heterocycles. The molecule has 0 aromatic heterocycles. The first-order valence-electron chi connectivity index (χ1n) is 9.27. The Labute approximate surface area is 143 Å². The van der Waals surface area contributed by atoms with Gasteiger partial charge in [-0.25, -0.2) is 0 Å². The lowest BCUT2D eigenvalue weighted by Crippen LogP contribution is -2.65. The van der Waals surface area contributed by atoms with Crippen LogP contribution in [0.1, 0.15) is 44.2 Å². The molecule has 1 aromatic rings.